The first-order valence-electron chi connectivity index (χ1n) is 5.24. The van der Waals surface area contributed by atoms with Crippen molar-refractivity contribution in [2.75, 3.05) is 6.54 Å². The van der Waals surface area contributed by atoms with Crippen LogP contribution in [-0.4, -0.2) is 6.54 Å². The zero-order valence-corrected chi connectivity index (χ0v) is 11.6. The zero-order chi connectivity index (χ0) is 11.4. The van der Waals surface area contributed by atoms with Gasteiger partial charge in [-0.15, -0.1) is 11.3 Å². The van der Waals surface area contributed by atoms with Gasteiger partial charge in [0.15, 0.2) is 0 Å². The van der Waals surface area contributed by atoms with E-state index in [-0.39, 0.29) is 0 Å². The number of thiophene rings is 1. The Hall–Kier alpha value is 0.240. The molecule has 0 bridgehead atoms. The van der Waals surface area contributed by atoms with Crippen molar-refractivity contribution < 1.29 is 0 Å². The van der Waals surface area contributed by atoms with E-state index < -0.39 is 0 Å². The SMILES string of the molecule is CCCNC(c1cc(Cl)sc1Cl)C(C)C. The van der Waals surface area contributed by atoms with Gasteiger partial charge in [-0.25, -0.2) is 0 Å². The van der Waals surface area contributed by atoms with Crippen LogP contribution < -0.4 is 5.32 Å². The van der Waals surface area contributed by atoms with Gasteiger partial charge in [-0.3, -0.25) is 0 Å². The Balaban J connectivity index is 2.83. The van der Waals surface area contributed by atoms with Crippen molar-refractivity contribution >= 4 is 34.5 Å². The van der Waals surface area contributed by atoms with Crippen LogP contribution in [0.5, 0.6) is 0 Å². The standard InChI is InChI=1S/C11H17Cl2NS/c1-4-5-14-10(7(2)3)8-6-9(12)15-11(8)13/h6-7,10,14H,4-5H2,1-3H3. The minimum atomic E-state index is 0.307. The van der Waals surface area contributed by atoms with Crippen LogP contribution >= 0.6 is 34.5 Å². The molecule has 0 spiro atoms. The first-order chi connectivity index (χ1) is 7.06. The first kappa shape index (κ1) is 13.3. The van der Waals surface area contributed by atoms with Gasteiger partial charge < -0.3 is 5.32 Å². The van der Waals surface area contributed by atoms with E-state index in [1.807, 2.05) is 6.07 Å². The van der Waals surface area contributed by atoms with E-state index in [4.69, 9.17) is 23.2 Å². The molecular weight excluding hydrogens is 249 g/mol. The maximum absolute atomic E-state index is 6.16. The Kier molecular flexibility index (Phi) is 5.41. The van der Waals surface area contributed by atoms with Gasteiger partial charge in [0.05, 0.1) is 8.67 Å². The van der Waals surface area contributed by atoms with E-state index in [9.17, 15) is 0 Å². The molecule has 15 heavy (non-hydrogen) atoms. The van der Waals surface area contributed by atoms with Crippen molar-refractivity contribution in [1.82, 2.24) is 5.32 Å². The van der Waals surface area contributed by atoms with Crippen LogP contribution in [0, 0.1) is 5.92 Å². The number of halogens is 2. The second-order valence-electron chi connectivity index (χ2n) is 3.96. The quantitative estimate of drug-likeness (QED) is 0.810. The fourth-order valence-electron chi connectivity index (χ4n) is 1.57. The van der Waals surface area contributed by atoms with Crippen molar-refractivity contribution in [2.24, 2.45) is 5.92 Å². The number of hydrogen-bond acceptors (Lipinski definition) is 2. The second kappa shape index (κ2) is 6.09. The first-order valence-corrected chi connectivity index (χ1v) is 6.81. The van der Waals surface area contributed by atoms with Crippen LogP contribution in [0.25, 0.3) is 0 Å². The number of hydrogen-bond donors (Lipinski definition) is 1. The highest BCUT2D eigenvalue weighted by Crippen LogP contribution is 2.37. The molecular formula is C11H17Cl2NS. The van der Waals surface area contributed by atoms with Crippen LogP contribution in [0.2, 0.25) is 8.67 Å². The van der Waals surface area contributed by atoms with Crippen LogP contribution in [0.15, 0.2) is 6.07 Å². The summed E-state index contributed by atoms with van der Waals surface area (Å²) in [6.07, 6.45) is 1.12. The van der Waals surface area contributed by atoms with Crippen molar-refractivity contribution in [3.63, 3.8) is 0 Å². The van der Waals surface area contributed by atoms with E-state index in [2.05, 4.69) is 26.1 Å². The highest BCUT2D eigenvalue weighted by atomic mass is 35.5. The Morgan fingerprint density at radius 3 is 2.47 bits per heavy atom. The lowest BCUT2D eigenvalue weighted by Gasteiger charge is -2.21. The molecule has 0 fully saturated rings. The molecule has 0 radical (unpaired) electrons. The molecule has 1 rings (SSSR count). The van der Waals surface area contributed by atoms with Crippen LogP contribution in [-0.2, 0) is 0 Å². The van der Waals surface area contributed by atoms with Crippen LogP contribution in [0.1, 0.15) is 38.8 Å². The molecule has 0 aliphatic rings. The van der Waals surface area contributed by atoms with Crippen molar-refractivity contribution in [3.05, 3.63) is 20.3 Å². The van der Waals surface area contributed by atoms with E-state index >= 15 is 0 Å². The largest absolute Gasteiger partial charge is 0.310 e. The minimum Gasteiger partial charge on any atom is -0.310 e. The molecule has 1 heterocycles. The van der Waals surface area contributed by atoms with Gasteiger partial charge in [0.1, 0.15) is 0 Å². The third kappa shape index (κ3) is 3.63. The molecule has 1 unspecified atom stereocenters. The lowest BCUT2D eigenvalue weighted by atomic mass is 9.98. The molecule has 0 aliphatic carbocycles. The van der Waals surface area contributed by atoms with Gasteiger partial charge in [0, 0.05) is 11.6 Å². The summed E-state index contributed by atoms with van der Waals surface area (Å²) in [5, 5.41) is 3.50. The second-order valence-corrected chi connectivity index (χ2v) is 6.24. The Labute approximate surface area is 106 Å². The van der Waals surface area contributed by atoms with Crippen molar-refractivity contribution in [3.8, 4) is 0 Å². The molecule has 0 saturated carbocycles. The Morgan fingerprint density at radius 2 is 2.07 bits per heavy atom. The third-order valence-corrected chi connectivity index (χ3v) is 3.82. The summed E-state index contributed by atoms with van der Waals surface area (Å²) in [5.74, 6) is 0.514. The van der Waals surface area contributed by atoms with E-state index in [1.54, 1.807) is 0 Å². The molecule has 0 saturated heterocycles. The summed E-state index contributed by atoms with van der Waals surface area (Å²) in [6.45, 7) is 7.55. The van der Waals surface area contributed by atoms with E-state index in [0.29, 0.717) is 12.0 Å². The molecule has 1 nitrogen and oxygen atoms in total. The molecule has 1 aromatic heterocycles. The monoisotopic (exact) mass is 265 g/mol. The average molecular weight is 266 g/mol. The lowest BCUT2D eigenvalue weighted by Crippen LogP contribution is -2.26. The Bertz CT molecular complexity index is 310. The van der Waals surface area contributed by atoms with E-state index in [1.165, 1.54) is 11.3 Å². The summed E-state index contributed by atoms with van der Waals surface area (Å²) in [7, 11) is 0. The van der Waals surface area contributed by atoms with Gasteiger partial charge >= 0.3 is 0 Å². The highest BCUT2D eigenvalue weighted by molar-refractivity contribution is 7.20. The van der Waals surface area contributed by atoms with Crippen LogP contribution in [0.4, 0.5) is 0 Å². The summed E-state index contributed by atoms with van der Waals surface area (Å²) in [5.41, 5.74) is 1.13. The molecule has 0 aliphatic heterocycles. The fourth-order valence-corrected chi connectivity index (χ4v) is 3.12. The predicted octanol–water partition coefficient (Wildman–Crippen LogP) is 4.75. The maximum Gasteiger partial charge on any atom is 0.0992 e. The van der Waals surface area contributed by atoms with Gasteiger partial charge in [0.25, 0.3) is 0 Å². The zero-order valence-electron chi connectivity index (χ0n) is 9.31. The average Bonchev–Trinajstić information content (AvgIpc) is 2.46. The third-order valence-electron chi connectivity index (χ3n) is 2.30. The van der Waals surface area contributed by atoms with Crippen LogP contribution in [0.3, 0.4) is 0 Å². The topological polar surface area (TPSA) is 12.0 Å². The van der Waals surface area contributed by atoms with Gasteiger partial charge in [-0.05, 0) is 24.9 Å². The highest BCUT2D eigenvalue weighted by Gasteiger charge is 2.19. The summed E-state index contributed by atoms with van der Waals surface area (Å²) in [4.78, 5) is 0. The summed E-state index contributed by atoms with van der Waals surface area (Å²) in [6, 6.07) is 2.28. The predicted molar refractivity (Wildman–Crippen MR) is 70.2 cm³/mol. The lowest BCUT2D eigenvalue weighted by molar-refractivity contribution is 0.414. The smallest absolute Gasteiger partial charge is 0.0992 e. The summed E-state index contributed by atoms with van der Waals surface area (Å²) < 4.78 is 1.57. The van der Waals surface area contributed by atoms with Gasteiger partial charge in [-0.2, -0.15) is 0 Å². The van der Waals surface area contributed by atoms with Gasteiger partial charge in [-0.1, -0.05) is 44.0 Å². The Morgan fingerprint density at radius 1 is 1.40 bits per heavy atom. The molecule has 0 aromatic carbocycles. The van der Waals surface area contributed by atoms with Gasteiger partial charge in [0.2, 0.25) is 0 Å². The van der Waals surface area contributed by atoms with E-state index in [0.717, 1.165) is 27.2 Å². The van der Waals surface area contributed by atoms with Crippen molar-refractivity contribution in [1.29, 1.82) is 0 Å². The molecule has 86 valence electrons. The minimum absolute atomic E-state index is 0.307. The molecule has 1 atom stereocenters. The molecule has 1 aromatic rings. The molecule has 4 heteroatoms. The number of nitrogens with one attached hydrogen (secondary N) is 1. The number of rotatable bonds is 5. The molecule has 0 amide bonds. The maximum atomic E-state index is 6.16. The summed E-state index contributed by atoms with van der Waals surface area (Å²) >= 11 is 13.6. The van der Waals surface area contributed by atoms with Crippen molar-refractivity contribution in [2.45, 2.75) is 33.2 Å². The normalized spacial score (nSPS) is 13.5. The molecule has 1 N–H and O–H groups in total. The fraction of sp³-hybridized carbons (Fsp3) is 0.636.